The third kappa shape index (κ3) is 8.70. The zero-order valence-corrected chi connectivity index (χ0v) is 18.8. The lowest BCUT2D eigenvalue weighted by atomic mass is 10.1. The summed E-state index contributed by atoms with van der Waals surface area (Å²) in [6.45, 7) is 2.57. The van der Waals surface area contributed by atoms with Crippen molar-refractivity contribution in [1.29, 1.82) is 0 Å². The molecule has 0 unspecified atom stereocenters. The van der Waals surface area contributed by atoms with Gasteiger partial charge in [-0.15, -0.1) is 0 Å². The number of benzene rings is 2. The van der Waals surface area contributed by atoms with Crippen LogP contribution in [0.15, 0.2) is 36.4 Å². The highest BCUT2D eigenvalue weighted by atomic mass is 19.2. The number of aromatic carboxylic acids is 1. The largest absolute Gasteiger partial charge is 0.490 e. The molecule has 0 heterocycles. The van der Waals surface area contributed by atoms with Gasteiger partial charge in [0.05, 0.1) is 17.7 Å². The van der Waals surface area contributed by atoms with Crippen LogP contribution in [0.2, 0.25) is 0 Å². The summed E-state index contributed by atoms with van der Waals surface area (Å²) in [5.41, 5.74) is 0.573. The van der Waals surface area contributed by atoms with Gasteiger partial charge < -0.3 is 9.84 Å². The molecule has 0 aromatic heterocycles. The number of hydrogen-bond acceptors (Lipinski definition) is 2. The summed E-state index contributed by atoms with van der Waals surface area (Å²) < 4.78 is 34.0. The third-order valence-electron chi connectivity index (χ3n) is 5.28. The Kier molecular flexibility index (Phi) is 11.3. The maximum Gasteiger partial charge on any atom is 0.335 e. The first-order chi connectivity index (χ1) is 15.5. The van der Waals surface area contributed by atoms with Gasteiger partial charge in [-0.25, -0.2) is 9.18 Å². The summed E-state index contributed by atoms with van der Waals surface area (Å²) in [6.07, 6.45) is 12.0. The Morgan fingerprint density at radius 3 is 2.00 bits per heavy atom. The maximum absolute atomic E-state index is 14.3. The van der Waals surface area contributed by atoms with Crippen LogP contribution in [0, 0.1) is 23.5 Å². The van der Waals surface area contributed by atoms with Crippen LogP contribution in [0.5, 0.6) is 5.75 Å². The van der Waals surface area contributed by atoms with Gasteiger partial charge in [0.25, 0.3) is 0 Å². The molecular weight excluding hydrogens is 410 g/mol. The molecular formula is C27H32F2O3. The lowest BCUT2D eigenvalue weighted by molar-refractivity contribution is 0.0697. The zero-order valence-electron chi connectivity index (χ0n) is 18.8. The van der Waals surface area contributed by atoms with E-state index in [0.717, 1.165) is 19.3 Å². The minimum Gasteiger partial charge on any atom is -0.490 e. The van der Waals surface area contributed by atoms with Gasteiger partial charge in [-0.3, -0.25) is 0 Å². The van der Waals surface area contributed by atoms with Crippen LogP contribution < -0.4 is 4.74 Å². The van der Waals surface area contributed by atoms with E-state index in [-0.39, 0.29) is 16.9 Å². The number of unbranched alkanes of at least 4 members (excludes halogenated alkanes) is 9. The summed E-state index contributed by atoms with van der Waals surface area (Å²) in [4.78, 5) is 10.9. The summed E-state index contributed by atoms with van der Waals surface area (Å²) in [5, 5.41) is 8.90. The highest BCUT2D eigenvalue weighted by molar-refractivity contribution is 5.87. The molecule has 0 aliphatic heterocycles. The molecule has 0 spiro atoms. The van der Waals surface area contributed by atoms with Crippen molar-refractivity contribution >= 4 is 5.97 Å². The molecule has 0 bridgehead atoms. The lowest BCUT2D eigenvalue weighted by Crippen LogP contribution is -2.02. The van der Waals surface area contributed by atoms with Crippen molar-refractivity contribution in [2.75, 3.05) is 6.61 Å². The predicted octanol–water partition coefficient (Wildman–Crippen LogP) is 7.36. The molecule has 0 saturated carbocycles. The number of carbonyl (C=O) groups is 1. The molecule has 1 N–H and O–H groups in total. The topological polar surface area (TPSA) is 46.5 Å². The van der Waals surface area contributed by atoms with E-state index < -0.39 is 17.6 Å². The number of carboxylic acids is 1. The average Bonchev–Trinajstić information content (AvgIpc) is 2.79. The van der Waals surface area contributed by atoms with Crippen LogP contribution in [0.25, 0.3) is 0 Å². The van der Waals surface area contributed by atoms with Gasteiger partial charge in [-0.05, 0) is 42.8 Å². The van der Waals surface area contributed by atoms with Crippen molar-refractivity contribution in [2.24, 2.45) is 0 Å². The Balaban J connectivity index is 1.75. The normalized spacial score (nSPS) is 10.5. The predicted molar refractivity (Wildman–Crippen MR) is 123 cm³/mol. The molecule has 172 valence electrons. The van der Waals surface area contributed by atoms with Crippen LogP contribution >= 0.6 is 0 Å². The SMILES string of the molecule is CCCCCCCCCCCCOc1ccc(C#Cc2ccc(C(=O)O)cc2)c(F)c1F. The minimum atomic E-state index is -1.04. The van der Waals surface area contributed by atoms with Crippen LogP contribution in [0.3, 0.4) is 0 Å². The molecule has 0 saturated heterocycles. The summed E-state index contributed by atoms with van der Waals surface area (Å²) >= 11 is 0. The third-order valence-corrected chi connectivity index (χ3v) is 5.28. The number of ether oxygens (including phenoxy) is 1. The van der Waals surface area contributed by atoms with E-state index >= 15 is 0 Å². The zero-order chi connectivity index (χ0) is 23.2. The van der Waals surface area contributed by atoms with Crippen molar-refractivity contribution in [3.63, 3.8) is 0 Å². The van der Waals surface area contributed by atoms with E-state index in [1.54, 1.807) is 0 Å². The van der Waals surface area contributed by atoms with E-state index in [4.69, 9.17) is 9.84 Å². The second-order valence-electron chi connectivity index (χ2n) is 7.90. The first kappa shape index (κ1) is 25.4. The number of hydrogen-bond donors (Lipinski definition) is 1. The van der Waals surface area contributed by atoms with Gasteiger partial charge in [0.15, 0.2) is 11.6 Å². The van der Waals surface area contributed by atoms with E-state index in [1.165, 1.54) is 81.3 Å². The van der Waals surface area contributed by atoms with E-state index in [9.17, 15) is 13.6 Å². The van der Waals surface area contributed by atoms with Gasteiger partial charge in [0.2, 0.25) is 5.82 Å². The first-order valence-electron chi connectivity index (χ1n) is 11.5. The fraction of sp³-hybridized carbons (Fsp3) is 0.444. The van der Waals surface area contributed by atoms with Crippen LogP contribution in [0.4, 0.5) is 8.78 Å². The second kappa shape index (κ2) is 14.2. The van der Waals surface area contributed by atoms with Gasteiger partial charge in [-0.2, -0.15) is 4.39 Å². The molecule has 0 aliphatic rings. The fourth-order valence-electron chi connectivity index (χ4n) is 3.35. The molecule has 32 heavy (non-hydrogen) atoms. The van der Waals surface area contributed by atoms with E-state index in [1.807, 2.05) is 0 Å². The smallest absolute Gasteiger partial charge is 0.335 e. The van der Waals surface area contributed by atoms with Crippen molar-refractivity contribution in [3.8, 4) is 17.6 Å². The molecule has 0 radical (unpaired) electrons. The molecule has 5 heteroatoms. The van der Waals surface area contributed by atoms with E-state index in [2.05, 4.69) is 18.8 Å². The monoisotopic (exact) mass is 442 g/mol. The van der Waals surface area contributed by atoms with Gasteiger partial charge >= 0.3 is 5.97 Å². The molecule has 2 rings (SSSR count). The summed E-state index contributed by atoms with van der Waals surface area (Å²) in [5.74, 6) is 2.09. The Labute approximate surface area is 189 Å². The van der Waals surface area contributed by atoms with Crippen molar-refractivity contribution in [3.05, 3.63) is 64.7 Å². The minimum absolute atomic E-state index is 0.0731. The molecule has 0 fully saturated rings. The standard InChI is InChI=1S/C27H32F2O3/c1-2-3-4-5-6-7-8-9-10-11-20-32-24-19-18-22(25(28)26(24)29)15-12-21-13-16-23(17-14-21)27(30)31/h13-14,16-19H,2-11,20H2,1H3,(H,30,31). The average molecular weight is 443 g/mol. The number of rotatable bonds is 13. The molecule has 2 aromatic carbocycles. The van der Waals surface area contributed by atoms with E-state index in [0.29, 0.717) is 12.2 Å². The Morgan fingerprint density at radius 2 is 1.41 bits per heavy atom. The Bertz CT molecular complexity index is 911. The maximum atomic E-state index is 14.3. The Morgan fingerprint density at radius 1 is 0.812 bits per heavy atom. The fourth-order valence-corrected chi connectivity index (χ4v) is 3.35. The lowest BCUT2D eigenvalue weighted by Gasteiger charge is -2.08. The molecule has 0 amide bonds. The highest BCUT2D eigenvalue weighted by Crippen LogP contribution is 2.23. The Hall–Kier alpha value is -2.87. The highest BCUT2D eigenvalue weighted by Gasteiger charge is 2.13. The molecule has 2 aromatic rings. The molecule has 0 atom stereocenters. The number of carboxylic acid groups (broad SMARTS) is 1. The summed E-state index contributed by atoms with van der Waals surface area (Å²) in [7, 11) is 0. The second-order valence-corrected chi connectivity index (χ2v) is 7.90. The van der Waals surface area contributed by atoms with Gasteiger partial charge in [-0.1, -0.05) is 76.6 Å². The quantitative estimate of drug-likeness (QED) is 0.260. The van der Waals surface area contributed by atoms with Crippen LogP contribution in [-0.4, -0.2) is 17.7 Å². The molecule has 3 nitrogen and oxygen atoms in total. The number of halogens is 2. The summed E-state index contributed by atoms with van der Waals surface area (Å²) in [6, 6.07) is 8.65. The molecule has 0 aliphatic carbocycles. The van der Waals surface area contributed by atoms with Gasteiger partial charge in [0.1, 0.15) is 0 Å². The van der Waals surface area contributed by atoms with Gasteiger partial charge in [0, 0.05) is 5.56 Å². The van der Waals surface area contributed by atoms with Crippen LogP contribution in [0.1, 0.15) is 92.6 Å². The van der Waals surface area contributed by atoms with Crippen molar-refractivity contribution < 1.29 is 23.4 Å². The van der Waals surface area contributed by atoms with Crippen LogP contribution in [-0.2, 0) is 0 Å². The van der Waals surface area contributed by atoms with Crippen molar-refractivity contribution in [2.45, 2.75) is 71.1 Å². The van der Waals surface area contributed by atoms with Crippen molar-refractivity contribution in [1.82, 2.24) is 0 Å². The first-order valence-corrected chi connectivity index (χ1v) is 11.5.